The first-order valence-corrected chi connectivity index (χ1v) is 7.78. The van der Waals surface area contributed by atoms with Crippen LogP contribution in [-0.4, -0.2) is 40.8 Å². The standard InChI is InChI=1S/C13H16FNO5S/c1-19-10-6-9(7-10)15-21(17,18)12-5-8(14)3-4-11(12)13(16)20-2/h3-5,9-10,15H,6-7H2,1-2H3. The summed E-state index contributed by atoms with van der Waals surface area (Å²) in [5.41, 5.74) is -0.200. The molecule has 1 aliphatic rings. The van der Waals surface area contributed by atoms with E-state index in [-0.39, 0.29) is 17.7 Å². The molecule has 0 spiro atoms. The van der Waals surface area contributed by atoms with Gasteiger partial charge in [-0.05, 0) is 31.0 Å². The highest BCUT2D eigenvalue weighted by atomic mass is 32.2. The highest BCUT2D eigenvalue weighted by Gasteiger charge is 2.34. The topological polar surface area (TPSA) is 81.7 Å². The van der Waals surface area contributed by atoms with Gasteiger partial charge >= 0.3 is 5.97 Å². The lowest BCUT2D eigenvalue weighted by Crippen LogP contribution is -2.47. The van der Waals surface area contributed by atoms with Crippen LogP contribution in [0.2, 0.25) is 0 Å². The average molecular weight is 317 g/mol. The fourth-order valence-corrected chi connectivity index (χ4v) is 3.60. The van der Waals surface area contributed by atoms with Crippen molar-refractivity contribution in [3.63, 3.8) is 0 Å². The first kappa shape index (κ1) is 15.9. The number of hydrogen-bond donors (Lipinski definition) is 1. The molecular formula is C13H16FNO5S. The first-order valence-electron chi connectivity index (χ1n) is 6.30. The van der Waals surface area contributed by atoms with Gasteiger partial charge in [-0.2, -0.15) is 0 Å². The predicted molar refractivity (Wildman–Crippen MR) is 71.9 cm³/mol. The molecule has 0 saturated heterocycles. The largest absolute Gasteiger partial charge is 0.465 e. The van der Waals surface area contributed by atoms with Gasteiger partial charge < -0.3 is 9.47 Å². The maximum absolute atomic E-state index is 13.3. The number of esters is 1. The summed E-state index contributed by atoms with van der Waals surface area (Å²) in [5, 5.41) is 0. The molecule has 1 aromatic carbocycles. The number of nitrogens with one attached hydrogen (secondary N) is 1. The molecule has 2 rings (SSSR count). The molecular weight excluding hydrogens is 301 g/mol. The van der Waals surface area contributed by atoms with Crippen molar-refractivity contribution in [2.24, 2.45) is 0 Å². The van der Waals surface area contributed by atoms with Crippen LogP contribution in [0.3, 0.4) is 0 Å². The van der Waals surface area contributed by atoms with Crippen molar-refractivity contribution in [2.45, 2.75) is 29.9 Å². The van der Waals surface area contributed by atoms with Gasteiger partial charge in [-0.25, -0.2) is 22.3 Å². The Bertz CT molecular complexity index is 640. The summed E-state index contributed by atoms with van der Waals surface area (Å²) in [6.07, 6.45) is 1.10. The van der Waals surface area contributed by atoms with Crippen molar-refractivity contribution < 1.29 is 27.1 Å². The second-order valence-corrected chi connectivity index (χ2v) is 6.46. The Kier molecular flexibility index (Phi) is 4.60. The van der Waals surface area contributed by atoms with Gasteiger partial charge in [0.05, 0.1) is 23.7 Å². The third kappa shape index (κ3) is 3.39. The van der Waals surface area contributed by atoms with Gasteiger partial charge in [0.25, 0.3) is 0 Å². The van der Waals surface area contributed by atoms with Gasteiger partial charge in [0.15, 0.2) is 0 Å². The molecule has 1 aliphatic carbocycles. The zero-order valence-corrected chi connectivity index (χ0v) is 12.4. The summed E-state index contributed by atoms with van der Waals surface area (Å²) in [7, 11) is -1.32. The van der Waals surface area contributed by atoms with Crippen molar-refractivity contribution in [1.29, 1.82) is 0 Å². The number of carbonyl (C=O) groups is 1. The van der Waals surface area contributed by atoms with Crippen LogP contribution in [-0.2, 0) is 19.5 Å². The molecule has 116 valence electrons. The Labute approximate surface area is 122 Å². The average Bonchev–Trinajstić information content (AvgIpc) is 2.41. The number of hydrogen-bond acceptors (Lipinski definition) is 5. The van der Waals surface area contributed by atoms with E-state index in [1.807, 2.05) is 0 Å². The number of rotatable bonds is 5. The van der Waals surface area contributed by atoms with E-state index in [4.69, 9.17) is 4.74 Å². The number of benzene rings is 1. The van der Waals surface area contributed by atoms with E-state index in [1.54, 1.807) is 7.11 Å². The van der Waals surface area contributed by atoms with E-state index in [0.29, 0.717) is 12.8 Å². The van der Waals surface area contributed by atoms with Gasteiger partial charge in [0.2, 0.25) is 10.0 Å². The van der Waals surface area contributed by atoms with E-state index in [9.17, 15) is 17.6 Å². The van der Waals surface area contributed by atoms with Crippen LogP contribution in [0.25, 0.3) is 0 Å². The molecule has 0 heterocycles. The Morgan fingerprint density at radius 1 is 1.33 bits per heavy atom. The van der Waals surface area contributed by atoms with Crippen molar-refractivity contribution in [3.05, 3.63) is 29.6 Å². The minimum atomic E-state index is -4.01. The highest BCUT2D eigenvalue weighted by molar-refractivity contribution is 7.89. The molecule has 1 saturated carbocycles. The molecule has 0 bridgehead atoms. The van der Waals surface area contributed by atoms with Crippen molar-refractivity contribution >= 4 is 16.0 Å². The Morgan fingerprint density at radius 3 is 2.57 bits per heavy atom. The molecule has 21 heavy (non-hydrogen) atoms. The second kappa shape index (κ2) is 6.08. The molecule has 0 aromatic heterocycles. The fraction of sp³-hybridized carbons (Fsp3) is 0.462. The van der Waals surface area contributed by atoms with Gasteiger partial charge in [0, 0.05) is 13.2 Å². The fourth-order valence-electron chi connectivity index (χ4n) is 2.13. The maximum atomic E-state index is 13.3. The number of ether oxygens (including phenoxy) is 2. The van der Waals surface area contributed by atoms with Crippen molar-refractivity contribution in [3.8, 4) is 0 Å². The number of carbonyl (C=O) groups excluding carboxylic acids is 1. The van der Waals surface area contributed by atoms with E-state index >= 15 is 0 Å². The van der Waals surface area contributed by atoms with E-state index in [2.05, 4.69) is 9.46 Å². The van der Waals surface area contributed by atoms with Crippen LogP contribution in [0, 0.1) is 5.82 Å². The molecule has 0 radical (unpaired) electrons. The third-order valence-electron chi connectivity index (χ3n) is 3.39. The predicted octanol–water partition coefficient (Wildman–Crippen LogP) is 1.07. The van der Waals surface area contributed by atoms with Gasteiger partial charge in [0.1, 0.15) is 5.82 Å². The smallest absolute Gasteiger partial charge is 0.339 e. The molecule has 0 aliphatic heterocycles. The van der Waals surface area contributed by atoms with Crippen LogP contribution in [0.1, 0.15) is 23.2 Å². The first-order chi connectivity index (χ1) is 9.87. The van der Waals surface area contributed by atoms with Crippen LogP contribution in [0.4, 0.5) is 4.39 Å². The Balaban J connectivity index is 2.27. The van der Waals surface area contributed by atoms with Crippen molar-refractivity contribution in [2.75, 3.05) is 14.2 Å². The number of sulfonamides is 1. The molecule has 1 fully saturated rings. The van der Waals surface area contributed by atoms with Gasteiger partial charge in [-0.15, -0.1) is 0 Å². The minimum absolute atomic E-state index is 0.0188. The Morgan fingerprint density at radius 2 is 2.00 bits per heavy atom. The van der Waals surface area contributed by atoms with E-state index < -0.39 is 26.7 Å². The Hall–Kier alpha value is -1.51. The maximum Gasteiger partial charge on any atom is 0.339 e. The lowest BCUT2D eigenvalue weighted by molar-refractivity contribution is 0.0236. The summed E-state index contributed by atoms with van der Waals surface area (Å²) in [5.74, 6) is -1.58. The van der Waals surface area contributed by atoms with Crippen molar-refractivity contribution in [1.82, 2.24) is 4.72 Å². The second-order valence-electron chi connectivity index (χ2n) is 4.78. The molecule has 6 nitrogen and oxygen atoms in total. The monoisotopic (exact) mass is 317 g/mol. The van der Waals surface area contributed by atoms with E-state index in [1.165, 1.54) is 0 Å². The highest BCUT2D eigenvalue weighted by Crippen LogP contribution is 2.26. The molecule has 0 amide bonds. The lowest BCUT2D eigenvalue weighted by Gasteiger charge is -2.34. The molecule has 1 N–H and O–H groups in total. The molecule has 0 unspecified atom stereocenters. The third-order valence-corrected chi connectivity index (χ3v) is 4.95. The quantitative estimate of drug-likeness (QED) is 0.822. The summed E-state index contributed by atoms with van der Waals surface area (Å²) < 4.78 is 49.9. The van der Waals surface area contributed by atoms with E-state index in [0.717, 1.165) is 25.3 Å². The van der Waals surface area contributed by atoms with Gasteiger partial charge in [-0.3, -0.25) is 0 Å². The SMILES string of the molecule is COC(=O)c1ccc(F)cc1S(=O)(=O)NC1CC(OC)C1. The normalized spacial score (nSPS) is 21.7. The molecule has 1 aromatic rings. The zero-order chi connectivity index (χ0) is 15.6. The summed E-state index contributed by atoms with van der Waals surface area (Å²) >= 11 is 0. The van der Waals surface area contributed by atoms with Crippen LogP contribution in [0.15, 0.2) is 23.1 Å². The number of halogens is 1. The molecule has 0 atom stereocenters. The van der Waals surface area contributed by atoms with Crippen LogP contribution >= 0.6 is 0 Å². The van der Waals surface area contributed by atoms with Crippen LogP contribution in [0.5, 0.6) is 0 Å². The molecule has 8 heteroatoms. The lowest BCUT2D eigenvalue weighted by atomic mass is 9.90. The summed E-state index contributed by atoms with van der Waals surface area (Å²) in [6.45, 7) is 0. The zero-order valence-electron chi connectivity index (χ0n) is 11.6. The summed E-state index contributed by atoms with van der Waals surface area (Å²) in [6, 6.07) is 2.62. The van der Waals surface area contributed by atoms with Crippen LogP contribution < -0.4 is 4.72 Å². The number of methoxy groups -OCH3 is 2. The minimum Gasteiger partial charge on any atom is -0.465 e. The van der Waals surface area contributed by atoms with Gasteiger partial charge in [-0.1, -0.05) is 0 Å². The summed E-state index contributed by atoms with van der Waals surface area (Å²) in [4.78, 5) is 11.2.